The maximum Gasteiger partial charge on any atom is 0.133 e. The van der Waals surface area contributed by atoms with Crippen LogP contribution in [0, 0.1) is 5.92 Å². The quantitative estimate of drug-likeness (QED) is 0.393. The lowest BCUT2D eigenvalue weighted by molar-refractivity contribution is -0.120. The molecular formula is C29H33NO2. The Balaban J connectivity index is 1.20. The van der Waals surface area contributed by atoms with Crippen molar-refractivity contribution in [2.75, 3.05) is 13.1 Å². The molecule has 3 heteroatoms. The number of carbonyl (C=O) groups is 1. The lowest BCUT2D eigenvalue weighted by Gasteiger charge is -2.32. The van der Waals surface area contributed by atoms with Crippen LogP contribution in [0.15, 0.2) is 84.9 Å². The molecule has 3 nitrogen and oxygen atoms in total. The SMILES string of the molecule is O=C(CCc1ccccc1)CC1CCCN(Cc2ccc(OCc3ccccc3)cc2)C1. The van der Waals surface area contributed by atoms with Gasteiger partial charge in [-0.05, 0) is 60.5 Å². The van der Waals surface area contributed by atoms with Gasteiger partial charge < -0.3 is 4.74 Å². The molecule has 0 radical (unpaired) electrons. The molecule has 1 saturated heterocycles. The van der Waals surface area contributed by atoms with Gasteiger partial charge in [0.25, 0.3) is 0 Å². The summed E-state index contributed by atoms with van der Waals surface area (Å²) < 4.78 is 5.90. The molecule has 1 atom stereocenters. The first-order valence-corrected chi connectivity index (χ1v) is 11.8. The van der Waals surface area contributed by atoms with Crippen molar-refractivity contribution < 1.29 is 9.53 Å². The molecule has 0 N–H and O–H groups in total. The minimum absolute atomic E-state index is 0.403. The highest BCUT2D eigenvalue weighted by atomic mass is 16.5. The zero-order valence-electron chi connectivity index (χ0n) is 18.8. The van der Waals surface area contributed by atoms with Gasteiger partial charge >= 0.3 is 0 Å². The Morgan fingerprint density at radius 2 is 1.53 bits per heavy atom. The molecular weight excluding hydrogens is 394 g/mol. The Morgan fingerprint density at radius 1 is 0.844 bits per heavy atom. The van der Waals surface area contributed by atoms with E-state index in [0.29, 0.717) is 24.7 Å². The average Bonchev–Trinajstić information content (AvgIpc) is 2.84. The summed E-state index contributed by atoms with van der Waals surface area (Å²) in [6.45, 7) is 3.66. The molecule has 166 valence electrons. The number of rotatable bonds is 10. The Bertz CT molecular complexity index is 953. The van der Waals surface area contributed by atoms with Gasteiger partial charge in [-0.3, -0.25) is 9.69 Å². The van der Waals surface area contributed by atoms with Crippen LogP contribution in [0.3, 0.4) is 0 Å². The molecule has 0 spiro atoms. The van der Waals surface area contributed by atoms with Crippen LogP contribution in [-0.2, 0) is 24.4 Å². The number of hydrogen-bond donors (Lipinski definition) is 0. The van der Waals surface area contributed by atoms with Crippen molar-refractivity contribution in [3.63, 3.8) is 0 Å². The highest BCUT2D eigenvalue weighted by Crippen LogP contribution is 2.23. The minimum Gasteiger partial charge on any atom is -0.489 e. The molecule has 0 amide bonds. The van der Waals surface area contributed by atoms with Crippen molar-refractivity contribution in [2.24, 2.45) is 5.92 Å². The number of carbonyl (C=O) groups excluding carboxylic acids is 1. The van der Waals surface area contributed by atoms with E-state index in [-0.39, 0.29) is 0 Å². The lowest BCUT2D eigenvalue weighted by Crippen LogP contribution is -2.35. The third-order valence-corrected chi connectivity index (χ3v) is 6.23. The lowest BCUT2D eigenvalue weighted by atomic mass is 9.91. The van der Waals surface area contributed by atoms with Gasteiger partial charge in [-0.2, -0.15) is 0 Å². The highest BCUT2D eigenvalue weighted by Gasteiger charge is 2.22. The van der Waals surface area contributed by atoms with Crippen LogP contribution in [0.4, 0.5) is 0 Å². The number of Topliss-reactive ketones (excluding diaryl/α,β-unsaturated/α-hetero) is 1. The second-order valence-corrected chi connectivity index (χ2v) is 8.89. The van der Waals surface area contributed by atoms with Crippen LogP contribution in [0.25, 0.3) is 0 Å². The van der Waals surface area contributed by atoms with Crippen LogP contribution >= 0.6 is 0 Å². The topological polar surface area (TPSA) is 29.5 Å². The van der Waals surface area contributed by atoms with Gasteiger partial charge in [-0.25, -0.2) is 0 Å². The second-order valence-electron chi connectivity index (χ2n) is 8.89. The van der Waals surface area contributed by atoms with Crippen LogP contribution < -0.4 is 4.74 Å². The van der Waals surface area contributed by atoms with Crippen molar-refractivity contribution in [1.82, 2.24) is 4.90 Å². The fourth-order valence-corrected chi connectivity index (χ4v) is 4.50. The van der Waals surface area contributed by atoms with E-state index in [9.17, 15) is 4.79 Å². The highest BCUT2D eigenvalue weighted by molar-refractivity contribution is 5.78. The molecule has 0 saturated carbocycles. The number of ketones is 1. The van der Waals surface area contributed by atoms with Crippen molar-refractivity contribution in [3.05, 3.63) is 102 Å². The number of aryl methyl sites for hydroxylation is 1. The van der Waals surface area contributed by atoms with E-state index in [1.807, 2.05) is 36.4 Å². The minimum atomic E-state index is 0.403. The monoisotopic (exact) mass is 427 g/mol. The molecule has 1 unspecified atom stereocenters. The van der Waals surface area contributed by atoms with Crippen LogP contribution in [-0.4, -0.2) is 23.8 Å². The third-order valence-electron chi connectivity index (χ3n) is 6.23. The molecule has 1 heterocycles. The first kappa shape index (κ1) is 22.3. The average molecular weight is 428 g/mol. The van der Waals surface area contributed by atoms with E-state index in [0.717, 1.165) is 38.2 Å². The van der Waals surface area contributed by atoms with E-state index < -0.39 is 0 Å². The standard InChI is InChI=1S/C29H33NO2/c31-28(16-13-24-8-3-1-4-9-24)20-27-12-7-19-30(22-27)21-25-14-17-29(18-15-25)32-23-26-10-5-2-6-11-26/h1-6,8-11,14-15,17-18,27H,7,12-13,16,19-23H2. The van der Waals surface area contributed by atoms with Crippen molar-refractivity contribution in [1.29, 1.82) is 0 Å². The maximum atomic E-state index is 12.5. The van der Waals surface area contributed by atoms with Gasteiger partial charge in [0, 0.05) is 25.9 Å². The van der Waals surface area contributed by atoms with Crippen molar-refractivity contribution in [3.8, 4) is 5.75 Å². The van der Waals surface area contributed by atoms with E-state index in [4.69, 9.17) is 4.74 Å². The molecule has 3 aromatic rings. The van der Waals surface area contributed by atoms with Gasteiger partial charge in [0.2, 0.25) is 0 Å². The van der Waals surface area contributed by atoms with Gasteiger partial charge in [-0.15, -0.1) is 0 Å². The molecule has 4 rings (SSSR count). The van der Waals surface area contributed by atoms with Gasteiger partial charge in [0.15, 0.2) is 0 Å². The maximum absolute atomic E-state index is 12.5. The van der Waals surface area contributed by atoms with Gasteiger partial charge in [0.1, 0.15) is 18.1 Å². The number of benzene rings is 3. The zero-order chi connectivity index (χ0) is 22.0. The molecule has 0 aromatic heterocycles. The van der Waals surface area contributed by atoms with E-state index in [2.05, 4.69) is 53.4 Å². The fraction of sp³-hybridized carbons (Fsp3) is 0.345. The zero-order valence-corrected chi connectivity index (χ0v) is 18.8. The van der Waals surface area contributed by atoms with E-state index in [1.165, 1.54) is 29.5 Å². The van der Waals surface area contributed by atoms with Crippen LogP contribution in [0.2, 0.25) is 0 Å². The van der Waals surface area contributed by atoms with Crippen molar-refractivity contribution in [2.45, 2.75) is 45.3 Å². The number of nitrogens with zero attached hydrogens (tertiary/aromatic N) is 1. The van der Waals surface area contributed by atoms with Crippen molar-refractivity contribution >= 4 is 5.78 Å². The summed E-state index contributed by atoms with van der Waals surface area (Å²) in [6.07, 6.45) is 4.57. The van der Waals surface area contributed by atoms with Gasteiger partial charge in [-0.1, -0.05) is 72.8 Å². The molecule has 0 bridgehead atoms. The Morgan fingerprint density at radius 3 is 2.25 bits per heavy atom. The van der Waals surface area contributed by atoms with E-state index >= 15 is 0 Å². The molecule has 1 aliphatic rings. The Hall–Kier alpha value is -2.91. The summed E-state index contributed by atoms with van der Waals surface area (Å²) in [7, 11) is 0. The smallest absolute Gasteiger partial charge is 0.133 e. The molecule has 32 heavy (non-hydrogen) atoms. The predicted octanol–water partition coefficient (Wildman–Crippen LogP) is 6.07. The number of likely N-dealkylation sites (tertiary alicyclic amines) is 1. The largest absolute Gasteiger partial charge is 0.489 e. The molecule has 3 aromatic carbocycles. The summed E-state index contributed by atoms with van der Waals surface area (Å²) in [4.78, 5) is 15.0. The van der Waals surface area contributed by atoms with Crippen LogP contribution in [0.1, 0.15) is 42.4 Å². The summed E-state index contributed by atoms with van der Waals surface area (Å²) in [5.74, 6) is 1.79. The van der Waals surface area contributed by atoms with E-state index in [1.54, 1.807) is 0 Å². The normalized spacial score (nSPS) is 16.6. The number of ether oxygens (including phenoxy) is 1. The molecule has 0 aliphatic carbocycles. The summed E-state index contributed by atoms with van der Waals surface area (Å²) in [5, 5.41) is 0. The third kappa shape index (κ3) is 7.06. The predicted molar refractivity (Wildman–Crippen MR) is 130 cm³/mol. The fourth-order valence-electron chi connectivity index (χ4n) is 4.50. The number of piperidine rings is 1. The summed E-state index contributed by atoms with van der Waals surface area (Å²) in [5.41, 5.74) is 3.73. The van der Waals surface area contributed by atoms with Crippen LogP contribution in [0.5, 0.6) is 5.75 Å². The second kappa shape index (κ2) is 11.6. The number of hydrogen-bond acceptors (Lipinski definition) is 3. The summed E-state index contributed by atoms with van der Waals surface area (Å²) >= 11 is 0. The Labute approximate surface area is 192 Å². The van der Waals surface area contributed by atoms with Gasteiger partial charge in [0.05, 0.1) is 0 Å². The first-order valence-electron chi connectivity index (χ1n) is 11.8. The first-order chi connectivity index (χ1) is 15.7. The molecule has 1 fully saturated rings. The summed E-state index contributed by atoms with van der Waals surface area (Å²) in [6, 6.07) is 29.0. The molecule has 1 aliphatic heterocycles. The Kier molecular flexibility index (Phi) is 8.11.